The van der Waals surface area contributed by atoms with E-state index in [-0.39, 0.29) is 18.2 Å². The van der Waals surface area contributed by atoms with Crippen molar-refractivity contribution in [3.63, 3.8) is 0 Å². The monoisotopic (exact) mass is 283 g/mol. The van der Waals surface area contributed by atoms with Gasteiger partial charge in [-0.05, 0) is 12.5 Å². The topological polar surface area (TPSA) is 35.2 Å². The molecule has 1 aromatic carbocycles. The van der Waals surface area contributed by atoms with Gasteiger partial charge < -0.3 is 10.5 Å². The molecule has 1 atom stereocenters. The van der Waals surface area contributed by atoms with Gasteiger partial charge in [-0.3, -0.25) is 0 Å². The summed E-state index contributed by atoms with van der Waals surface area (Å²) in [6, 6.07) is 5.59. The second-order valence-corrected chi connectivity index (χ2v) is 3.83. The highest BCUT2D eigenvalue weighted by Gasteiger charge is 2.32. The zero-order valence-electron chi connectivity index (χ0n) is 10.0. The van der Waals surface area contributed by atoms with Crippen LogP contribution in [0.25, 0.3) is 0 Å². The van der Waals surface area contributed by atoms with Crippen LogP contribution in [0.3, 0.4) is 0 Å². The molecular weight excluding hydrogens is 267 g/mol. The molecule has 0 aliphatic heterocycles. The molecule has 0 fully saturated rings. The van der Waals surface area contributed by atoms with Gasteiger partial charge in [0.2, 0.25) is 0 Å². The molecular formula is C12H17ClF3NO. The standard InChI is InChI=1S/C12H16F3NO.ClH/c1-2-3-7-10(16)9-6-4-5-8-11(9)17-12(13,14)15;/h4-6,8,10H,2-3,7,16H2,1H3;1H/t10-;/m0./s1. The number of para-hydroxylation sites is 1. The Labute approximate surface area is 111 Å². The molecule has 0 saturated carbocycles. The highest BCUT2D eigenvalue weighted by Crippen LogP contribution is 2.31. The maximum Gasteiger partial charge on any atom is 0.573 e. The van der Waals surface area contributed by atoms with Crippen LogP contribution in [0.15, 0.2) is 24.3 Å². The van der Waals surface area contributed by atoms with Crippen LogP contribution in [0.5, 0.6) is 5.75 Å². The van der Waals surface area contributed by atoms with Crippen LogP contribution < -0.4 is 10.5 Å². The van der Waals surface area contributed by atoms with Crippen molar-refractivity contribution in [2.75, 3.05) is 0 Å². The third kappa shape index (κ3) is 5.60. The molecule has 0 radical (unpaired) electrons. The van der Waals surface area contributed by atoms with Crippen LogP contribution in [0.1, 0.15) is 37.8 Å². The van der Waals surface area contributed by atoms with Gasteiger partial charge in [0.1, 0.15) is 5.75 Å². The zero-order chi connectivity index (χ0) is 12.9. The summed E-state index contributed by atoms with van der Waals surface area (Å²) in [5.41, 5.74) is 6.25. The first-order valence-electron chi connectivity index (χ1n) is 5.54. The summed E-state index contributed by atoms with van der Waals surface area (Å²) in [7, 11) is 0. The van der Waals surface area contributed by atoms with Crippen LogP contribution in [-0.2, 0) is 0 Å². The van der Waals surface area contributed by atoms with Gasteiger partial charge in [0.05, 0.1) is 0 Å². The minimum atomic E-state index is -4.68. The summed E-state index contributed by atoms with van der Waals surface area (Å²) in [5.74, 6) is -0.205. The molecule has 104 valence electrons. The first kappa shape index (κ1) is 17.1. The zero-order valence-corrected chi connectivity index (χ0v) is 10.9. The summed E-state index contributed by atoms with van der Waals surface area (Å²) in [4.78, 5) is 0. The van der Waals surface area contributed by atoms with Gasteiger partial charge >= 0.3 is 6.36 Å². The number of alkyl halides is 3. The molecule has 0 saturated heterocycles. The lowest BCUT2D eigenvalue weighted by Crippen LogP contribution is -2.20. The quantitative estimate of drug-likeness (QED) is 0.879. The third-order valence-corrected chi connectivity index (χ3v) is 2.41. The number of rotatable bonds is 5. The van der Waals surface area contributed by atoms with Gasteiger partial charge in [0.25, 0.3) is 0 Å². The first-order valence-corrected chi connectivity index (χ1v) is 5.54. The lowest BCUT2D eigenvalue weighted by atomic mass is 10.0. The maximum atomic E-state index is 12.2. The molecule has 0 bridgehead atoms. The Morgan fingerprint density at radius 3 is 2.44 bits per heavy atom. The molecule has 2 nitrogen and oxygen atoms in total. The summed E-state index contributed by atoms with van der Waals surface area (Å²) in [5, 5.41) is 0. The van der Waals surface area contributed by atoms with Gasteiger partial charge in [-0.2, -0.15) is 0 Å². The lowest BCUT2D eigenvalue weighted by Gasteiger charge is -2.17. The van der Waals surface area contributed by atoms with Gasteiger partial charge in [-0.25, -0.2) is 0 Å². The van der Waals surface area contributed by atoms with Gasteiger partial charge in [0.15, 0.2) is 0 Å². The predicted molar refractivity (Wildman–Crippen MR) is 66.8 cm³/mol. The Hall–Kier alpha value is -0.940. The molecule has 6 heteroatoms. The number of unbranched alkanes of at least 4 members (excludes halogenated alkanes) is 1. The molecule has 0 spiro atoms. The Balaban J connectivity index is 0.00000289. The van der Waals surface area contributed by atoms with Crippen LogP contribution in [-0.4, -0.2) is 6.36 Å². The number of ether oxygens (including phenoxy) is 1. The number of benzene rings is 1. The molecule has 0 heterocycles. The summed E-state index contributed by atoms with van der Waals surface area (Å²) in [6.07, 6.45) is -2.20. The molecule has 0 aromatic heterocycles. The Morgan fingerprint density at radius 2 is 1.89 bits per heavy atom. The normalized spacial score (nSPS) is 12.7. The van der Waals surface area contributed by atoms with Crippen molar-refractivity contribution in [3.8, 4) is 5.75 Å². The van der Waals surface area contributed by atoms with Gasteiger partial charge in [-0.1, -0.05) is 38.0 Å². The van der Waals surface area contributed by atoms with Crippen molar-refractivity contribution in [2.45, 2.75) is 38.6 Å². The van der Waals surface area contributed by atoms with Gasteiger partial charge in [-0.15, -0.1) is 25.6 Å². The summed E-state index contributed by atoms with van der Waals surface area (Å²) < 4.78 is 40.5. The number of nitrogens with two attached hydrogens (primary N) is 1. The second kappa shape index (κ2) is 7.48. The fourth-order valence-electron chi connectivity index (χ4n) is 1.58. The van der Waals surface area contributed by atoms with E-state index in [9.17, 15) is 13.2 Å². The molecule has 2 N–H and O–H groups in total. The van der Waals surface area contributed by atoms with Crippen LogP contribution in [0.2, 0.25) is 0 Å². The molecule has 0 unspecified atom stereocenters. The number of halogens is 4. The van der Waals surface area contributed by atoms with E-state index in [1.807, 2.05) is 6.92 Å². The highest BCUT2D eigenvalue weighted by atomic mass is 35.5. The second-order valence-electron chi connectivity index (χ2n) is 3.83. The van der Waals surface area contributed by atoms with Crippen molar-refractivity contribution < 1.29 is 17.9 Å². The Kier molecular flexibility index (Phi) is 7.09. The largest absolute Gasteiger partial charge is 0.573 e. The minimum Gasteiger partial charge on any atom is -0.405 e. The molecule has 0 amide bonds. The fourth-order valence-corrected chi connectivity index (χ4v) is 1.58. The van der Waals surface area contributed by atoms with E-state index in [1.54, 1.807) is 12.1 Å². The van der Waals surface area contributed by atoms with E-state index < -0.39 is 12.4 Å². The Bertz CT molecular complexity index is 357. The van der Waals surface area contributed by atoms with Crippen molar-refractivity contribution in [1.29, 1.82) is 0 Å². The smallest absolute Gasteiger partial charge is 0.405 e. The van der Waals surface area contributed by atoms with Crippen molar-refractivity contribution in [2.24, 2.45) is 5.73 Å². The maximum absolute atomic E-state index is 12.2. The first-order chi connectivity index (χ1) is 7.94. The van der Waals surface area contributed by atoms with E-state index in [1.165, 1.54) is 12.1 Å². The lowest BCUT2D eigenvalue weighted by molar-refractivity contribution is -0.275. The highest BCUT2D eigenvalue weighted by molar-refractivity contribution is 5.85. The predicted octanol–water partition coefficient (Wildman–Crippen LogP) is 4.20. The third-order valence-electron chi connectivity index (χ3n) is 2.41. The number of hydrogen-bond donors (Lipinski definition) is 1. The molecule has 1 rings (SSSR count). The average Bonchev–Trinajstić information content (AvgIpc) is 2.24. The van der Waals surface area contributed by atoms with E-state index in [0.29, 0.717) is 12.0 Å². The molecule has 0 aliphatic rings. The fraction of sp³-hybridized carbons (Fsp3) is 0.500. The van der Waals surface area contributed by atoms with Crippen molar-refractivity contribution in [1.82, 2.24) is 0 Å². The average molecular weight is 284 g/mol. The molecule has 18 heavy (non-hydrogen) atoms. The van der Waals surface area contributed by atoms with E-state index in [4.69, 9.17) is 5.73 Å². The van der Waals surface area contributed by atoms with Crippen LogP contribution >= 0.6 is 12.4 Å². The SMILES string of the molecule is CCCC[C@H](N)c1ccccc1OC(F)(F)F.Cl. The van der Waals surface area contributed by atoms with E-state index >= 15 is 0 Å². The summed E-state index contributed by atoms with van der Waals surface area (Å²) >= 11 is 0. The molecule has 0 aliphatic carbocycles. The molecule has 1 aromatic rings. The van der Waals surface area contributed by atoms with Crippen LogP contribution in [0, 0.1) is 0 Å². The van der Waals surface area contributed by atoms with Crippen LogP contribution in [0.4, 0.5) is 13.2 Å². The Morgan fingerprint density at radius 1 is 1.28 bits per heavy atom. The van der Waals surface area contributed by atoms with Crippen molar-refractivity contribution >= 4 is 12.4 Å². The van der Waals surface area contributed by atoms with Gasteiger partial charge in [0, 0.05) is 11.6 Å². The number of hydrogen-bond acceptors (Lipinski definition) is 2. The van der Waals surface area contributed by atoms with E-state index in [0.717, 1.165) is 12.8 Å². The summed E-state index contributed by atoms with van der Waals surface area (Å²) in [6.45, 7) is 2.00. The minimum absolute atomic E-state index is 0. The van der Waals surface area contributed by atoms with Crippen molar-refractivity contribution in [3.05, 3.63) is 29.8 Å². The van der Waals surface area contributed by atoms with E-state index in [2.05, 4.69) is 4.74 Å².